The Morgan fingerprint density at radius 1 is 1.07 bits per heavy atom. The fourth-order valence-electron chi connectivity index (χ4n) is 2.55. The zero-order chi connectivity index (χ0) is 19.9. The van der Waals surface area contributed by atoms with Crippen LogP contribution in [0.3, 0.4) is 0 Å². The van der Waals surface area contributed by atoms with Crippen LogP contribution in [0.1, 0.15) is 17.3 Å². The van der Waals surface area contributed by atoms with E-state index in [4.69, 9.17) is 9.47 Å². The SMILES string of the molecule is CCOC(=O)c1c(-c2ccc(Oc3ccccc3)cc2)csc1/N=C/N(C)C. The van der Waals surface area contributed by atoms with Crippen molar-refractivity contribution in [2.24, 2.45) is 4.99 Å². The number of nitrogens with zero attached hydrogens (tertiary/aromatic N) is 2. The van der Waals surface area contributed by atoms with Crippen molar-refractivity contribution in [3.63, 3.8) is 0 Å². The van der Waals surface area contributed by atoms with Crippen LogP contribution in [0.2, 0.25) is 0 Å². The van der Waals surface area contributed by atoms with Gasteiger partial charge in [0.25, 0.3) is 0 Å². The van der Waals surface area contributed by atoms with Crippen molar-refractivity contribution in [1.82, 2.24) is 4.90 Å². The molecule has 2 aromatic carbocycles. The third-order valence-electron chi connectivity index (χ3n) is 3.80. The smallest absolute Gasteiger partial charge is 0.341 e. The number of rotatable bonds is 7. The molecule has 0 radical (unpaired) electrons. The van der Waals surface area contributed by atoms with Crippen LogP contribution in [0.5, 0.6) is 11.5 Å². The summed E-state index contributed by atoms with van der Waals surface area (Å²) in [4.78, 5) is 18.8. The second-order valence-electron chi connectivity index (χ2n) is 6.20. The minimum absolute atomic E-state index is 0.314. The summed E-state index contributed by atoms with van der Waals surface area (Å²) in [7, 11) is 3.76. The van der Waals surface area contributed by atoms with Crippen LogP contribution in [0.4, 0.5) is 5.00 Å². The molecule has 6 heteroatoms. The van der Waals surface area contributed by atoms with E-state index >= 15 is 0 Å². The third kappa shape index (κ3) is 4.78. The van der Waals surface area contributed by atoms with Crippen LogP contribution >= 0.6 is 11.3 Å². The number of hydrogen-bond acceptors (Lipinski definition) is 5. The van der Waals surface area contributed by atoms with Crippen molar-refractivity contribution >= 4 is 28.6 Å². The number of carbonyl (C=O) groups is 1. The van der Waals surface area contributed by atoms with Gasteiger partial charge in [-0.05, 0) is 36.8 Å². The number of hydrogen-bond donors (Lipinski definition) is 0. The Hall–Kier alpha value is -3.12. The van der Waals surface area contributed by atoms with Crippen molar-refractivity contribution < 1.29 is 14.3 Å². The summed E-state index contributed by atoms with van der Waals surface area (Å²) in [6.07, 6.45) is 1.68. The number of carbonyl (C=O) groups excluding carboxylic acids is 1. The lowest BCUT2D eigenvalue weighted by Gasteiger charge is -2.08. The number of aliphatic imine (C=N–C) groups is 1. The maximum Gasteiger partial charge on any atom is 0.341 e. The fraction of sp³-hybridized carbons (Fsp3) is 0.182. The number of thiophene rings is 1. The number of para-hydroxylation sites is 1. The zero-order valence-electron chi connectivity index (χ0n) is 16.1. The highest BCUT2D eigenvalue weighted by Crippen LogP contribution is 2.38. The van der Waals surface area contributed by atoms with E-state index < -0.39 is 0 Å². The first kappa shape index (κ1) is 19.6. The number of esters is 1. The first-order valence-corrected chi connectivity index (χ1v) is 9.79. The van der Waals surface area contributed by atoms with Gasteiger partial charge in [-0.15, -0.1) is 11.3 Å². The van der Waals surface area contributed by atoms with Crippen LogP contribution in [-0.4, -0.2) is 37.9 Å². The first-order chi connectivity index (χ1) is 13.6. The molecule has 0 unspecified atom stereocenters. The van der Waals surface area contributed by atoms with Gasteiger partial charge in [0.2, 0.25) is 0 Å². The first-order valence-electron chi connectivity index (χ1n) is 8.91. The molecule has 0 aliphatic rings. The van der Waals surface area contributed by atoms with E-state index in [2.05, 4.69) is 4.99 Å². The van der Waals surface area contributed by atoms with Gasteiger partial charge in [-0.3, -0.25) is 0 Å². The van der Waals surface area contributed by atoms with Crippen LogP contribution in [0.25, 0.3) is 11.1 Å². The highest BCUT2D eigenvalue weighted by Gasteiger charge is 2.21. The van der Waals surface area contributed by atoms with Crippen LogP contribution in [-0.2, 0) is 4.74 Å². The van der Waals surface area contributed by atoms with Crippen molar-refractivity contribution in [3.8, 4) is 22.6 Å². The van der Waals surface area contributed by atoms with E-state index in [0.717, 1.165) is 22.6 Å². The summed E-state index contributed by atoms with van der Waals surface area (Å²) in [5.74, 6) is 1.14. The molecule has 1 heterocycles. The molecular formula is C22H22N2O3S. The summed E-state index contributed by atoms with van der Waals surface area (Å²) in [5.41, 5.74) is 2.20. The maximum absolute atomic E-state index is 12.5. The van der Waals surface area contributed by atoms with E-state index in [9.17, 15) is 4.79 Å². The topological polar surface area (TPSA) is 51.1 Å². The molecule has 1 aromatic heterocycles. The lowest BCUT2D eigenvalue weighted by atomic mass is 10.0. The maximum atomic E-state index is 12.5. The van der Waals surface area contributed by atoms with E-state index in [-0.39, 0.29) is 5.97 Å². The summed E-state index contributed by atoms with van der Waals surface area (Å²) >= 11 is 1.42. The molecule has 0 N–H and O–H groups in total. The summed E-state index contributed by atoms with van der Waals surface area (Å²) in [6, 6.07) is 17.2. The Labute approximate surface area is 168 Å². The lowest BCUT2D eigenvalue weighted by molar-refractivity contribution is 0.0529. The fourth-order valence-corrected chi connectivity index (χ4v) is 3.45. The van der Waals surface area contributed by atoms with Gasteiger partial charge in [-0.25, -0.2) is 9.79 Å². The average Bonchev–Trinajstić information content (AvgIpc) is 3.12. The number of benzene rings is 2. The van der Waals surface area contributed by atoms with Gasteiger partial charge >= 0.3 is 5.97 Å². The Kier molecular flexibility index (Phi) is 6.45. The molecule has 0 aliphatic carbocycles. The van der Waals surface area contributed by atoms with Gasteiger partial charge in [-0.2, -0.15) is 0 Å². The molecule has 0 saturated heterocycles. The van der Waals surface area contributed by atoms with Gasteiger partial charge in [0.15, 0.2) is 0 Å². The molecule has 0 atom stereocenters. The van der Waals surface area contributed by atoms with E-state index in [1.165, 1.54) is 11.3 Å². The zero-order valence-corrected chi connectivity index (χ0v) is 16.9. The Morgan fingerprint density at radius 2 is 1.75 bits per heavy atom. The summed E-state index contributed by atoms with van der Waals surface area (Å²) < 4.78 is 11.1. The quantitative estimate of drug-likeness (QED) is 0.297. The van der Waals surface area contributed by atoms with E-state index in [1.54, 1.807) is 13.3 Å². The van der Waals surface area contributed by atoms with Crippen molar-refractivity contribution in [2.75, 3.05) is 20.7 Å². The molecule has 28 heavy (non-hydrogen) atoms. The number of ether oxygens (including phenoxy) is 2. The minimum atomic E-state index is -0.366. The van der Waals surface area contributed by atoms with Gasteiger partial charge < -0.3 is 14.4 Å². The predicted molar refractivity (Wildman–Crippen MR) is 114 cm³/mol. The van der Waals surface area contributed by atoms with Crippen LogP contribution in [0.15, 0.2) is 65.0 Å². The van der Waals surface area contributed by atoms with Crippen molar-refractivity contribution in [3.05, 3.63) is 65.5 Å². The van der Waals surface area contributed by atoms with E-state index in [1.807, 2.05) is 79.0 Å². The average molecular weight is 394 g/mol. The second kappa shape index (κ2) is 9.19. The molecule has 0 aliphatic heterocycles. The molecule has 0 saturated carbocycles. The molecule has 0 bridgehead atoms. The van der Waals surface area contributed by atoms with Gasteiger partial charge in [0.05, 0.1) is 12.9 Å². The van der Waals surface area contributed by atoms with E-state index in [0.29, 0.717) is 17.2 Å². The predicted octanol–water partition coefficient (Wildman–Crippen LogP) is 5.61. The molecule has 0 fully saturated rings. The highest BCUT2D eigenvalue weighted by molar-refractivity contribution is 7.14. The van der Waals surface area contributed by atoms with Crippen LogP contribution in [0, 0.1) is 0 Å². The second-order valence-corrected chi connectivity index (χ2v) is 7.06. The molecule has 3 rings (SSSR count). The summed E-state index contributed by atoms with van der Waals surface area (Å²) in [5, 5.41) is 2.56. The largest absolute Gasteiger partial charge is 0.462 e. The lowest BCUT2D eigenvalue weighted by Crippen LogP contribution is -2.08. The molecule has 5 nitrogen and oxygen atoms in total. The third-order valence-corrected chi connectivity index (χ3v) is 4.69. The molecule has 0 spiro atoms. The minimum Gasteiger partial charge on any atom is -0.462 e. The standard InChI is InChI=1S/C22H22N2O3S/c1-4-26-22(25)20-19(14-28-21(20)23-15-24(2)3)16-10-12-18(13-11-16)27-17-8-6-5-7-9-17/h5-15H,4H2,1-3H3/b23-15+. The Balaban J connectivity index is 1.90. The Bertz CT molecular complexity index is 948. The van der Waals surface area contributed by atoms with Crippen molar-refractivity contribution in [1.29, 1.82) is 0 Å². The monoisotopic (exact) mass is 394 g/mol. The molecule has 3 aromatic rings. The Morgan fingerprint density at radius 3 is 2.39 bits per heavy atom. The van der Waals surface area contributed by atoms with Crippen LogP contribution < -0.4 is 4.74 Å². The molecule has 0 amide bonds. The summed E-state index contributed by atoms with van der Waals surface area (Å²) in [6.45, 7) is 2.11. The van der Waals surface area contributed by atoms with Gasteiger partial charge in [-0.1, -0.05) is 30.3 Å². The van der Waals surface area contributed by atoms with Gasteiger partial charge in [0.1, 0.15) is 22.1 Å². The van der Waals surface area contributed by atoms with Gasteiger partial charge in [0, 0.05) is 25.0 Å². The normalized spacial score (nSPS) is 10.8. The highest BCUT2D eigenvalue weighted by atomic mass is 32.1. The molecule has 144 valence electrons. The van der Waals surface area contributed by atoms with Crippen molar-refractivity contribution in [2.45, 2.75) is 6.92 Å². The molecular weight excluding hydrogens is 372 g/mol.